The lowest BCUT2D eigenvalue weighted by atomic mass is 9.93. The zero-order chi connectivity index (χ0) is 16.4. The van der Waals surface area contributed by atoms with Crippen molar-refractivity contribution in [3.63, 3.8) is 0 Å². The zero-order valence-corrected chi connectivity index (χ0v) is 12.8. The summed E-state index contributed by atoms with van der Waals surface area (Å²) in [5, 5.41) is 18.8. The molecule has 0 atom stereocenters. The number of hydrogen-bond acceptors (Lipinski definition) is 2. The van der Waals surface area contributed by atoms with Gasteiger partial charge in [-0.05, 0) is 52.9 Å². The molecule has 3 aromatic carbocycles. The van der Waals surface area contributed by atoms with Gasteiger partial charge < -0.3 is 10.2 Å². The Labute approximate surface area is 134 Å². The maximum atomic E-state index is 15.0. The van der Waals surface area contributed by atoms with Crippen molar-refractivity contribution in [3.8, 4) is 33.8 Å². The minimum atomic E-state index is -0.247. The third-order valence-electron chi connectivity index (χ3n) is 3.95. The number of phenols is 2. The Morgan fingerprint density at radius 1 is 0.696 bits per heavy atom. The molecular formula is C20H17FO2. The molecule has 0 aromatic heterocycles. The summed E-state index contributed by atoms with van der Waals surface area (Å²) < 4.78 is 15.0. The molecule has 0 spiro atoms. The first-order chi connectivity index (χ1) is 11.1. The second kappa shape index (κ2) is 6.13. The maximum Gasteiger partial charge on any atom is 0.134 e. The highest BCUT2D eigenvalue weighted by Crippen LogP contribution is 2.33. The number of hydrogen-bond donors (Lipinski definition) is 2. The molecule has 0 unspecified atom stereocenters. The number of aromatic hydroxyl groups is 2. The highest BCUT2D eigenvalue weighted by atomic mass is 19.1. The molecule has 0 radical (unpaired) electrons. The molecule has 0 fully saturated rings. The highest BCUT2D eigenvalue weighted by molar-refractivity contribution is 5.75. The molecule has 0 heterocycles. The quantitative estimate of drug-likeness (QED) is 0.704. The van der Waals surface area contributed by atoms with Crippen molar-refractivity contribution in [3.05, 3.63) is 72.0 Å². The van der Waals surface area contributed by atoms with E-state index < -0.39 is 0 Å². The normalized spacial score (nSPS) is 10.7. The van der Waals surface area contributed by atoms with E-state index in [0.717, 1.165) is 16.7 Å². The molecule has 0 bridgehead atoms. The molecule has 3 rings (SSSR count). The average molecular weight is 308 g/mol. The maximum absolute atomic E-state index is 15.0. The Kier molecular flexibility index (Phi) is 4.02. The summed E-state index contributed by atoms with van der Waals surface area (Å²) in [6, 6.07) is 16.9. The van der Waals surface area contributed by atoms with Crippen LogP contribution in [-0.2, 0) is 6.42 Å². The molecular weight excluding hydrogens is 291 g/mol. The number of benzene rings is 3. The van der Waals surface area contributed by atoms with Gasteiger partial charge in [0.05, 0.1) is 0 Å². The molecule has 3 aromatic rings. The molecule has 0 saturated heterocycles. The van der Waals surface area contributed by atoms with Crippen LogP contribution in [0.15, 0.2) is 60.7 Å². The zero-order valence-electron chi connectivity index (χ0n) is 12.8. The third kappa shape index (κ3) is 2.90. The number of halogens is 1. The molecule has 23 heavy (non-hydrogen) atoms. The molecule has 0 aliphatic heterocycles. The van der Waals surface area contributed by atoms with E-state index in [4.69, 9.17) is 0 Å². The lowest BCUT2D eigenvalue weighted by molar-refractivity contribution is 0.475. The number of rotatable bonds is 3. The predicted molar refractivity (Wildman–Crippen MR) is 90.0 cm³/mol. The van der Waals surface area contributed by atoms with E-state index in [2.05, 4.69) is 0 Å². The van der Waals surface area contributed by atoms with Crippen LogP contribution in [0.3, 0.4) is 0 Å². The van der Waals surface area contributed by atoms with E-state index in [1.54, 1.807) is 54.6 Å². The van der Waals surface area contributed by atoms with Crippen molar-refractivity contribution in [2.45, 2.75) is 13.3 Å². The molecule has 2 nitrogen and oxygen atoms in total. The van der Waals surface area contributed by atoms with Crippen molar-refractivity contribution in [1.29, 1.82) is 0 Å². The van der Waals surface area contributed by atoms with E-state index in [1.807, 2.05) is 13.0 Å². The molecule has 0 amide bonds. The van der Waals surface area contributed by atoms with Gasteiger partial charge in [0.2, 0.25) is 0 Å². The first-order valence-corrected chi connectivity index (χ1v) is 7.50. The molecule has 0 saturated carbocycles. The van der Waals surface area contributed by atoms with Crippen LogP contribution in [0.1, 0.15) is 12.5 Å². The van der Waals surface area contributed by atoms with Crippen molar-refractivity contribution >= 4 is 0 Å². The lowest BCUT2D eigenvalue weighted by Gasteiger charge is -2.13. The van der Waals surface area contributed by atoms with Crippen LogP contribution < -0.4 is 0 Å². The van der Waals surface area contributed by atoms with Crippen LogP contribution in [-0.4, -0.2) is 10.2 Å². The van der Waals surface area contributed by atoms with Crippen LogP contribution in [0.4, 0.5) is 4.39 Å². The van der Waals surface area contributed by atoms with Gasteiger partial charge in [-0.3, -0.25) is 0 Å². The van der Waals surface area contributed by atoms with Gasteiger partial charge in [0.25, 0.3) is 0 Å². The Morgan fingerprint density at radius 2 is 1.13 bits per heavy atom. The van der Waals surface area contributed by atoms with Crippen LogP contribution in [0, 0.1) is 5.82 Å². The topological polar surface area (TPSA) is 40.5 Å². The summed E-state index contributed by atoms with van der Waals surface area (Å²) in [6.45, 7) is 1.92. The third-order valence-corrected chi connectivity index (χ3v) is 3.95. The highest BCUT2D eigenvalue weighted by Gasteiger charge is 2.14. The van der Waals surface area contributed by atoms with Gasteiger partial charge in [-0.15, -0.1) is 0 Å². The standard InChI is InChI=1S/C20H17FO2/c1-2-17-18(13-3-7-15(22)8-4-13)11-12-19(20(17)21)14-5-9-16(23)10-6-14/h3-12,22-23H,2H2,1H3. The predicted octanol–water partition coefficient (Wildman–Crippen LogP) is 5.13. The largest absolute Gasteiger partial charge is 0.508 e. The second-order valence-corrected chi connectivity index (χ2v) is 5.40. The van der Waals surface area contributed by atoms with Crippen LogP contribution in [0.25, 0.3) is 22.3 Å². The Balaban J connectivity index is 2.13. The van der Waals surface area contributed by atoms with Gasteiger partial charge in [-0.2, -0.15) is 0 Å². The Morgan fingerprint density at radius 3 is 1.61 bits per heavy atom. The monoisotopic (exact) mass is 308 g/mol. The minimum absolute atomic E-state index is 0.158. The van der Waals surface area contributed by atoms with Gasteiger partial charge in [0.1, 0.15) is 17.3 Å². The van der Waals surface area contributed by atoms with Crippen molar-refractivity contribution in [2.75, 3.05) is 0 Å². The molecule has 0 aliphatic carbocycles. The first-order valence-electron chi connectivity index (χ1n) is 7.50. The van der Waals surface area contributed by atoms with Crippen molar-refractivity contribution < 1.29 is 14.6 Å². The number of phenolic OH excluding ortho intramolecular Hbond substituents is 2. The summed E-state index contributed by atoms with van der Waals surface area (Å²) in [4.78, 5) is 0. The summed E-state index contributed by atoms with van der Waals surface area (Å²) in [5.74, 6) is 0.0994. The summed E-state index contributed by atoms with van der Waals surface area (Å²) >= 11 is 0. The van der Waals surface area contributed by atoms with E-state index in [0.29, 0.717) is 17.5 Å². The minimum Gasteiger partial charge on any atom is -0.508 e. The second-order valence-electron chi connectivity index (χ2n) is 5.40. The van der Waals surface area contributed by atoms with E-state index in [1.165, 1.54) is 0 Å². The summed E-state index contributed by atoms with van der Waals surface area (Å²) in [7, 11) is 0. The fraction of sp³-hybridized carbons (Fsp3) is 0.100. The van der Waals surface area contributed by atoms with Gasteiger partial charge >= 0.3 is 0 Å². The van der Waals surface area contributed by atoms with Gasteiger partial charge in [-0.25, -0.2) is 4.39 Å². The van der Waals surface area contributed by atoms with E-state index in [9.17, 15) is 14.6 Å². The van der Waals surface area contributed by atoms with E-state index in [-0.39, 0.29) is 17.3 Å². The van der Waals surface area contributed by atoms with Crippen molar-refractivity contribution in [1.82, 2.24) is 0 Å². The molecule has 0 aliphatic rings. The fourth-order valence-corrected chi connectivity index (χ4v) is 2.74. The lowest BCUT2D eigenvalue weighted by Crippen LogP contribution is -1.96. The van der Waals surface area contributed by atoms with Gasteiger partial charge in [-0.1, -0.05) is 43.3 Å². The fourth-order valence-electron chi connectivity index (χ4n) is 2.74. The SMILES string of the molecule is CCc1c(-c2ccc(O)cc2)ccc(-c2ccc(O)cc2)c1F. The molecule has 3 heteroatoms. The Bertz CT molecular complexity index is 822. The van der Waals surface area contributed by atoms with E-state index >= 15 is 0 Å². The van der Waals surface area contributed by atoms with Crippen LogP contribution in [0.5, 0.6) is 11.5 Å². The first kappa shape index (κ1) is 15.1. The van der Waals surface area contributed by atoms with Crippen LogP contribution in [0.2, 0.25) is 0 Å². The summed E-state index contributed by atoms with van der Waals surface area (Å²) in [5.41, 5.74) is 3.58. The van der Waals surface area contributed by atoms with Gasteiger partial charge in [0.15, 0.2) is 0 Å². The van der Waals surface area contributed by atoms with Crippen molar-refractivity contribution in [2.24, 2.45) is 0 Å². The smallest absolute Gasteiger partial charge is 0.134 e. The Hall–Kier alpha value is -2.81. The summed E-state index contributed by atoms with van der Waals surface area (Å²) in [6.07, 6.45) is 0.563. The average Bonchev–Trinajstić information content (AvgIpc) is 2.56. The van der Waals surface area contributed by atoms with Gasteiger partial charge in [0, 0.05) is 5.56 Å². The molecule has 2 N–H and O–H groups in total. The van der Waals surface area contributed by atoms with Crippen LogP contribution >= 0.6 is 0 Å². The molecule has 116 valence electrons.